The molecule has 1 rings (SSSR count). The number of carboxylic acid groups (broad SMARTS) is 1. The molecule has 1 fully saturated rings. The van der Waals surface area contributed by atoms with E-state index in [-0.39, 0.29) is 25.8 Å². The number of carbonyl (C=O) groups is 5. The number of carbonyl (C=O) groups excluding carboxylic acids is 4. The number of nitrogens with zero attached hydrogens (tertiary/aromatic N) is 1. The van der Waals surface area contributed by atoms with Crippen LogP contribution in [0.1, 0.15) is 32.6 Å². The van der Waals surface area contributed by atoms with Crippen LogP contribution in [0.3, 0.4) is 0 Å². The Labute approximate surface area is 172 Å². The minimum atomic E-state index is -1.45. The number of rotatable bonds is 11. The molecular weight excluding hydrogens is 402 g/mol. The number of nitrogens with two attached hydrogens (primary N) is 2. The predicted octanol–water partition coefficient (Wildman–Crippen LogP) is -4.00. The lowest BCUT2D eigenvalue weighted by atomic mass is 10.1. The van der Waals surface area contributed by atoms with Crippen molar-refractivity contribution in [1.82, 2.24) is 15.5 Å². The van der Waals surface area contributed by atoms with Crippen LogP contribution in [0.25, 0.3) is 0 Å². The van der Waals surface area contributed by atoms with E-state index in [4.69, 9.17) is 11.5 Å². The van der Waals surface area contributed by atoms with Crippen molar-refractivity contribution >= 4 is 29.6 Å². The zero-order valence-electron chi connectivity index (χ0n) is 16.6. The molecule has 1 aliphatic rings. The molecule has 170 valence electrons. The first kappa shape index (κ1) is 25.3. The van der Waals surface area contributed by atoms with Gasteiger partial charge in [0.1, 0.15) is 24.2 Å². The van der Waals surface area contributed by atoms with Gasteiger partial charge in [0, 0.05) is 13.0 Å². The van der Waals surface area contributed by atoms with Crippen LogP contribution in [0, 0.1) is 0 Å². The van der Waals surface area contributed by atoms with Gasteiger partial charge in [-0.05, 0) is 26.2 Å². The maximum atomic E-state index is 12.6. The summed E-state index contributed by atoms with van der Waals surface area (Å²) in [7, 11) is 0. The predicted molar refractivity (Wildman–Crippen MR) is 101 cm³/mol. The van der Waals surface area contributed by atoms with Gasteiger partial charge < -0.3 is 42.3 Å². The van der Waals surface area contributed by atoms with Crippen LogP contribution in [0.5, 0.6) is 0 Å². The second kappa shape index (κ2) is 11.4. The standard InChI is InChI=1S/C17H29N5O8/c1-8(24)13(19)15(27)20-9(4-5-12(18)25)14(26)21-10(7-23)16(28)22-6-2-3-11(22)17(29)30/h8-11,13,23-24H,2-7,19H2,1H3,(H2,18,25)(H,20,27)(H,21,26)(H,29,30). The van der Waals surface area contributed by atoms with Crippen molar-refractivity contribution in [1.29, 1.82) is 0 Å². The fourth-order valence-corrected chi connectivity index (χ4v) is 2.99. The fraction of sp³-hybridized carbons (Fsp3) is 0.706. The fourth-order valence-electron chi connectivity index (χ4n) is 2.99. The molecule has 0 bridgehead atoms. The molecule has 9 N–H and O–H groups in total. The van der Waals surface area contributed by atoms with Crippen LogP contribution in [-0.2, 0) is 24.0 Å². The second-order valence-electron chi connectivity index (χ2n) is 7.10. The third kappa shape index (κ3) is 6.93. The second-order valence-corrected chi connectivity index (χ2v) is 7.10. The monoisotopic (exact) mass is 431 g/mol. The van der Waals surface area contributed by atoms with Crippen LogP contribution in [0.2, 0.25) is 0 Å². The summed E-state index contributed by atoms with van der Waals surface area (Å²) >= 11 is 0. The molecule has 0 radical (unpaired) electrons. The van der Waals surface area contributed by atoms with Crippen molar-refractivity contribution in [2.75, 3.05) is 13.2 Å². The van der Waals surface area contributed by atoms with Gasteiger partial charge in [0.2, 0.25) is 23.6 Å². The van der Waals surface area contributed by atoms with Crippen LogP contribution in [0.4, 0.5) is 0 Å². The first-order valence-electron chi connectivity index (χ1n) is 9.46. The van der Waals surface area contributed by atoms with E-state index in [1.54, 1.807) is 0 Å². The highest BCUT2D eigenvalue weighted by Crippen LogP contribution is 2.18. The number of aliphatic hydroxyl groups excluding tert-OH is 2. The van der Waals surface area contributed by atoms with Gasteiger partial charge in [0.25, 0.3) is 0 Å². The number of primary amides is 1. The quantitative estimate of drug-likeness (QED) is 0.169. The van der Waals surface area contributed by atoms with Crippen molar-refractivity contribution in [3.05, 3.63) is 0 Å². The number of likely N-dealkylation sites (tertiary alicyclic amines) is 1. The van der Waals surface area contributed by atoms with Gasteiger partial charge in [0.05, 0.1) is 12.7 Å². The topological polar surface area (TPSA) is 225 Å². The van der Waals surface area contributed by atoms with Crippen molar-refractivity contribution in [2.24, 2.45) is 11.5 Å². The molecule has 0 aromatic carbocycles. The maximum absolute atomic E-state index is 12.6. The van der Waals surface area contributed by atoms with Gasteiger partial charge in [-0.2, -0.15) is 0 Å². The summed E-state index contributed by atoms with van der Waals surface area (Å²) in [6, 6.07) is -5.18. The van der Waals surface area contributed by atoms with Gasteiger partial charge in [-0.15, -0.1) is 0 Å². The van der Waals surface area contributed by atoms with E-state index in [9.17, 15) is 39.3 Å². The lowest BCUT2D eigenvalue weighted by molar-refractivity contribution is -0.150. The SMILES string of the molecule is CC(O)C(N)C(=O)NC(CCC(N)=O)C(=O)NC(CO)C(=O)N1CCCC1C(=O)O. The Hall–Kier alpha value is -2.77. The number of aliphatic hydroxyl groups is 2. The number of nitrogens with one attached hydrogen (secondary N) is 2. The van der Waals surface area contributed by atoms with Gasteiger partial charge in [-0.1, -0.05) is 0 Å². The van der Waals surface area contributed by atoms with E-state index in [1.807, 2.05) is 0 Å². The van der Waals surface area contributed by atoms with Crippen LogP contribution < -0.4 is 22.1 Å². The Bertz CT molecular complexity index is 671. The Morgan fingerprint density at radius 2 is 1.73 bits per heavy atom. The van der Waals surface area contributed by atoms with Crippen molar-refractivity contribution in [3.8, 4) is 0 Å². The third-order valence-electron chi connectivity index (χ3n) is 4.75. The zero-order chi connectivity index (χ0) is 23.0. The molecule has 0 aromatic heterocycles. The van der Waals surface area contributed by atoms with Crippen molar-refractivity contribution in [3.63, 3.8) is 0 Å². The first-order valence-corrected chi connectivity index (χ1v) is 9.46. The first-order chi connectivity index (χ1) is 14.0. The summed E-state index contributed by atoms with van der Waals surface area (Å²) < 4.78 is 0. The lowest BCUT2D eigenvalue weighted by Crippen LogP contribution is -2.59. The highest BCUT2D eigenvalue weighted by molar-refractivity contribution is 5.94. The van der Waals surface area contributed by atoms with Crippen molar-refractivity contribution < 1.29 is 39.3 Å². The third-order valence-corrected chi connectivity index (χ3v) is 4.75. The van der Waals surface area contributed by atoms with Gasteiger partial charge in [-0.3, -0.25) is 19.2 Å². The van der Waals surface area contributed by atoms with Gasteiger partial charge >= 0.3 is 5.97 Å². The molecule has 0 aromatic rings. The lowest BCUT2D eigenvalue weighted by Gasteiger charge is -2.28. The largest absolute Gasteiger partial charge is 0.480 e. The summed E-state index contributed by atoms with van der Waals surface area (Å²) in [5.74, 6) is -4.48. The van der Waals surface area contributed by atoms with Crippen LogP contribution >= 0.6 is 0 Å². The summed E-state index contributed by atoms with van der Waals surface area (Å²) in [6.07, 6.45) is -0.981. The Kier molecular flexibility index (Phi) is 9.62. The maximum Gasteiger partial charge on any atom is 0.326 e. The van der Waals surface area contributed by atoms with E-state index in [0.29, 0.717) is 6.42 Å². The Morgan fingerprint density at radius 1 is 1.13 bits per heavy atom. The van der Waals surface area contributed by atoms with E-state index in [2.05, 4.69) is 10.6 Å². The normalized spacial score (nSPS) is 20.0. The molecule has 0 spiro atoms. The van der Waals surface area contributed by atoms with E-state index in [1.165, 1.54) is 6.92 Å². The molecule has 30 heavy (non-hydrogen) atoms. The van der Waals surface area contributed by atoms with E-state index in [0.717, 1.165) is 4.90 Å². The molecule has 1 heterocycles. The van der Waals surface area contributed by atoms with Gasteiger partial charge in [0.15, 0.2) is 0 Å². The highest BCUT2D eigenvalue weighted by atomic mass is 16.4. The average molecular weight is 431 g/mol. The zero-order valence-corrected chi connectivity index (χ0v) is 16.6. The van der Waals surface area contributed by atoms with E-state index < -0.39 is 66.5 Å². The summed E-state index contributed by atoms with van der Waals surface area (Å²) in [5.41, 5.74) is 10.6. The molecule has 13 nitrogen and oxygen atoms in total. The molecule has 1 aliphatic heterocycles. The molecule has 0 saturated carbocycles. The molecule has 13 heteroatoms. The van der Waals surface area contributed by atoms with Crippen LogP contribution in [0.15, 0.2) is 0 Å². The molecular formula is C17H29N5O8. The Morgan fingerprint density at radius 3 is 2.23 bits per heavy atom. The van der Waals surface area contributed by atoms with Crippen LogP contribution in [-0.4, -0.2) is 93.2 Å². The smallest absolute Gasteiger partial charge is 0.326 e. The number of hydrogen-bond acceptors (Lipinski definition) is 8. The molecule has 1 saturated heterocycles. The molecule has 4 amide bonds. The number of hydrogen-bond donors (Lipinski definition) is 7. The average Bonchev–Trinajstić information content (AvgIpc) is 3.17. The minimum absolute atomic E-state index is 0.160. The summed E-state index contributed by atoms with van der Waals surface area (Å²) in [6.45, 7) is 0.627. The summed E-state index contributed by atoms with van der Waals surface area (Å²) in [4.78, 5) is 60.7. The van der Waals surface area contributed by atoms with Crippen molar-refractivity contribution in [2.45, 2.75) is 62.9 Å². The molecule has 0 aliphatic carbocycles. The number of aliphatic carboxylic acids is 1. The van der Waals surface area contributed by atoms with Gasteiger partial charge in [-0.25, -0.2) is 4.79 Å². The Balaban J connectivity index is 2.90. The molecule has 5 atom stereocenters. The number of carboxylic acids is 1. The highest BCUT2D eigenvalue weighted by Gasteiger charge is 2.38. The summed E-state index contributed by atoms with van der Waals surface area (Å²) in [5, 5.41) is 32.7. The van der Waals surface area contributed by atoms with E-state index >= 15 is 0 Å². The molecule has 5 unspecified atom stereocenters. The number of amides is 4. The minimum Gasteiger partial charge on any atom is -0.480 e.